The quantitative estimate of drug-likeness (QED) is 0.495. The molecule has 2 heterocycles. The third kappa shape index (κ3) is 5.17. The van der Waals surface area contributed by atoms with Crippen molar-refractivity contribution in [2.75, 3.05) is 7.05 Å². The van der Waals surface area contributed by atoms with Gasteiger partial charge in [-0.05, 0) is 12.8 Å². The standard InChI is InChI=1S/C20H25N5OS/c1-13(2)16-12-27-19(25-16)11-24-20(21-4)23-10-18-22-9-17(26-18)15-7-5-14(3)6-8-15/h5-9,12-13H,10-11H2,1-4H3,(H2,21,23,24). The molecule has 2 N–H and O–H groups in total. The number of aromatic nitrogens is 2. The fraction of sp³-hybridized carbons (Fsp3) is 0.350. The van der Waals surface area contributed by atoms with Crippen LogP contribution < -0.4 is 10.6 Å². The molecule has 0 saturated carbocycles. The highest BCUT2D eigenvalue weighted by Gasteiger charge is 2.09. The van der Waals surface area contributed by atoms with Crippen LogP contribution in [0, 0.1) is 6.92 Å². The molecule has 3 aromatic rings. The number of rotatable bonds is 6. The molecule has 0 aliphatic carbocycles. The first-order valence-corrected chi connectivity index (χ1v) is 9.83. The van der Waals surface area contributed by atoms with Gasteiger partial charge in [0.2, 0.25) is 5.89 Å². The van der Waals surface area contributed by atoms with Crippen LogP contribution in [0.3, 0.4) is 0 Å². The van der Waals surface area contributed by atoms with Crippen LogP contribution in [0.2, 0.25) is 0 Å². The molecule has 142 valence electrons. The minimum absolute atomic E-state index is 0.445. The van der Waals surface area contributed by atoms with Crippen molar-refractivity contribution in [3.8, 4) is 11.3 Å². The van der Waals surface area contributed by atoms with Crippen LogP contribution >= 0.6 is 11.3 Å². The van der Waals surface area contributed by atoms with Crippen molar-refractivity contribution in [2.24, 2.45) is 4.99 Å². The van der Waals surface area contributed by atoms with Crippen LogP contribution in [-0.2, 0) is 13.1 Å². The number of hydrogen-bond donors (Lipinski definition) is 2. The number of thiazole rings is 1. The lowest BCUT2D eigenvalue weighted by Gasteiger charge is -2.09. The van der Waals surface area contributed by atoms with Gasteiger partial charge in [0.25, 0.3) is 0 Å². The number of guanidine groups is 1. The highest BCUT2D eigenvalue weighted by molar-refractivity contribution is 7.09. The van der Waals surface area contributed by atoms with Crippen molar-refractivity contribution in [2.45, 2.75) is 39.8 Å². The molecule has 0 bridgehead atoms. The normalized spacial score (nSPS) is 11.8. The molecule has 0 spiro atoms. The van der Waals surface area contributed by atoms with Gasteiger partial charge in [0, 0.05) is 18.0 Å². The van der Waals surface area contributed by atoms with Gasteiger partial charge in [-0.2, -0.15) is 0 Å². The molecule has 0 fully saturated rings. The number of nitrogens with zero attached hydrogens (tertiary/aromatic N) is 3. The van der Waals surface area contributed by atoms with E-state index < -0.39 is 0 Å². The average Bonchev–Trinajstić information content (AvgIpc) is 3.32. The fourth-order valence-electron chi connectivity index (χ4n) is 2.45. The first-order chi connectivity index (χ1) is 13.0. The van der Waals surface area contributed by atoms with E-state index in [0.717, 1.165) is 22.0 Å². The maximum Gasteiger partial charge on any atom is 0.214 e. The Kier molecular flexibility index (Phi) is 6.24. The lowest BCUT2D eigenvalue weighted by atomic mass is 10.1. The predicted molar refractivity (Wildman–Crippen MR) is 110 cm³/mol. The Bertz CT molecular complexity index is 895. The van der Waals surface area contributed by atoms with Crippen molar-refractivity contribution in [3.63, 3.8) is 0 Å². The number of oxazole rings is 1. The largest absolute Gasteiger partial charge is 0.439 e. The summed E-state index contributed by atoms with van der Waals surface area (Å²) in [7, 11) is 1.74. The van der Waals surface area contributed by atoms with Gasteiger partial charge in [-0.25, -0.2) is 9.97 Å². The molecule has 6 nitrogen and oxygen atoms in total. The van der Waals surface area contributed by atoms with Gasteiger partial charge < -0.3 is 15.1 Å². The Morgan fingerprint density at radius 2 is 1.93 bits per heavy atom. The highest BCUT2D eigenvalue weighted by atomic mass is 32.1. The number of benzene rings is 1. The van der Waals surface area contributed by atoms with Gasteiger partial charge in [-0.1, -0.05) is 43.7 Å². The zero-order valence-corrected chi connectivity index (χ0v) is 16.9. The van der Waals surface area contributed by atoms with Crippen LogP contribution in [0.4, 0.5) is 0 Å². The molecule has 0 aliphatic rings. The summed E-state index contributed by atoms with van der Waals surface area (Å²) >= 11 is 1.66. The first kappa shape index (κ1) is 19.1. The topological polar surface area (TPSA) is 75.3 Å². The van der Waals surface area contributed by atoms with E-state index in [1.807, 2.05) is 12.1 Å². The van der Waals surface area contributed by atoms with Crippen LogP contribution in [0.25, 0.3) is 11.3 Å². The van der Waals surface area contributed by atoms with E-state index in [-0.39, 0.29) is 0 Å². The summed E-state index contributed by atoms with van der Waals surface area (Å²) in [5, 5.41) is 9.64. The lowest BCUT2D eigenvalue weighted by molar-refractivity contribution is 0.497. The van der Waals surface area contributed by atoms with Crippen LogP contribution in [0.15, 0.2) is 45.3 Å². The first-order valence-electron chi connectivity index (χ1n) is 8.95. The summed E-state index contributed by atoms with van der Waals surface area (Å²) in [5.41, 5.74) is 3.37. The van der Waals surface area contributed by atoms with Crippen molar-refractivity contribution in [1.29, 1.82) is 0 Å². The van der Waals surface area contributed by atoms with E-state index >= 15 is 0 Å². The number of nitrogens with one attached hydrogen (secondary N) is 2. The van der Waals surface area contributed by atoms with Gasteiger partial charge >= 0.3 is 0 Å². The fourth-order valence-corrected chi connectivity index (χ4v) is 3.35. The predicted octanol–water partition coefficient (Wildman–Crippen LogP) is 4.10. The van der Waals surface area contributed by atoms with Crippen LogP contribution in [-0.4, -0.2) is 23.0 Å². The molecule has 1 aromatic carbocycles. The molecule has 0 aliphatic heterocycles. The Morgan fingerprint density at radius 1 is 1.19 bits per heavy atom. The number of aryl methyl sites for hydroxylation is 1. The molecule has 27 heavy (non-hydrogen) atoms. The van der Waals surface area contributed by atoms with E-state index in [9.17, 15) is 0 Å². The highest BCUT2D eigenvalue weighted by Crippen LogP contribution is 2.20. The Hall–Kier alpha value is -2.67. The van der Waals surface area contributed by atoms with Crippen molar-refractivity contribution >= 4 is 17.3 Å². The molecular formula is C20H25N5OS. The third-order valence-electron chi connectivity index (χ3n) is 4.09. The maximum absolute atomic E-state index is 5.83. The molecule has 7 heteroatoms. The van der Waals surface area contributed by atoms with Gasteiger partial charge in [0.15, 0.2) is 11.7 Å². The lowest BCUT2D eigenvalue weighted by Crippen LogP contribution is -2.36. The second-order valence-electron chi connectivity index (χ2n) is 6.58. The molecule has 0 radical (unpaired) electrons. The minimum Gasteiger partial charge on any atom is -0.439 e. The second kappa shape index (κ2) is 8.81. The summed E-state index contributed by atoms with van der Waals surface area (Å²) in [5.74, 6) is 2.51. The summed E-state index contributed by atoms with van der Waals surface area (Å²) in [6.07, 6.45) is 1.75. The zero-order valence-electron chi connectivity index (χ0n) is 16.1. The second-order valence-corrected chi connectivity index (χ2v) is 7.53. The molecule has 2 aromatic heterocycles. The Balaban J connectivity index is 1.52. The molecule has 0 atom stereocenters. The van der Waals surface area contributed by atoms with E-state index in [2.05, 4.69) is 63.9 Å². The van der Waals surface area contributed by atoms with Crippen LogP contribution in [0.1, 0.15) is 41.9 Å². The van der Waals surface area contributed by atoms with Gasteiger partial charge in [0.05, 0.1) is 25.0 Å². The molecule has 0 amide bonds. The maximum atomic E-state index is 5.83. The van der Waals surface area contributed by atoms with Crippen LogP contribution in [0.5, 0.6) is 0 Å². The van der Waals surface area contributed by atoms with Crippen molar-refractivity contribution in [3.05, 3.63) is 58.0 Å². The van der Waals surface area contributed by atoms with Gasteiger partial charge in [-0.15, -0.1) is 11.3 Å². The van der Waals surface area contributed by atoms with Crippen molar-refractivity contribution < 1.29 is 4.42 Å². The van der Waals surface area contributed by atoms with E-state index in [4.69, 9.17) is 4.42 Å². The average molecular weight is 384 g/mol. The number of aliphatic imine (C=N–C) groups is 1. The Morgan fingerprint density at radius 3 is 2.59 bits per heavy atom. The zero-order chi connectivity index (χ0) is 19.2. The van der Waals surface area contributed by atoms with E-state index in [1.165, 1.54) is 5.56 Å². The summed E-state index contributed by atoms with van der Waals surface area (Å²) in [4.78, 5) is 13.2. The van der Waals surface area contributed by atoms with Gasteiger partial charge in [0.1, 0.15) is 5.01 Å². The number of hydrogen-bond acceptors (Lipinski definition) is 5. The summed E-state index contributed by atoms with van der Waals surface area (Å²) < 4.78 is 5.83. The smallest absolute Gasteiger partial charge is 0.214 e. The Labute approximate surface area is 163 Å². The SMILES string of the molecule is CN=C(NCc1ncc(-c2ccc(C)cc2)o1)NCc1nc(C(C)C)cs1. The van der Waals surface area contributed by atoms with Crippen molar-refractivity contribution in [1.82, 2.24) is 20.6 Å². The third-order valence-corrected chi connectivity index (χ3v) is 4.96. The molecule has 0 unspecified atom stereocenters. The minimum atomic E-state index is 0.445. The summed E-state index contributed by atoms with van der Waals surface area (Å²) in [6.45, 7) is 7.45. The molecule has 3 rings (SSSR count). The molecular weight excluding hydrogens is 358 g/mol. The van der Waals surface area contributed by atoms with E-state index in [0.29, 0.717) is 30.9 Å². The van der Waals surface area contributed by atoms with Gasteiger partial charge in [-0.3, -0.25) is 4.99 Å². The summed E-state index contributed by atoms with van der Waals surface area (Å²) in [6, 6.07) is 8.19. The van der Waals surface area contributed by atoms with E-state index in [1.54, 1.807) is 24.6 Å². The monoisotopic (exact) mass is 383 g/mol. The molecule has 0 saturated heterocycles.